The second-order valence-corrected chi connectivity index (χ2v) is 2.05. The van der Waals surface area contributed by atoms with Crippen LogP contribution in [0.25, 0.3) is 0 Å². The van der Waals surface area contributed by atoms with Crippen molar-refractivity contribution in [3.05, 3.63) is 0 Å². The van der Waals surface area contributed by atoms with Crippen molar-refractivity contribution in [2.45, 2.75) is 11.8 Å². The maximum absolute atomic E-state index is 5.04. The summed E-state index contributed by atoms with van der Waals surface area (Å²) in [6.07, 6.45) is 0. The van der Waals surface area contributed by atoms with Crippen molar-refractivity contribution in [2.75, 3.05) is 0 Å². The Hall–Kier alpha value is 1.60. The summed E-state index contributed by atoms with van der Waals surface area (Å²) in [6, 6.07) is 0. The average molecular weight is 261 g/mol. The molecule has 0 nitrogen and oxygen atoms in total. The first-order chi connectivity index (χ1) is 2.73. The Kier molecular flexibility index (Phi) is 17.2. The molecule has 0 aromatic rings. The maximum atomic E-state index is 5.04. The number of alkyl halides is 2. The van der Waals surface area contributed by atoms with Crippen LogP contribution in [0.4, 0.5) is 0 Å². The lowest BCUT2D eigenvalue weighted by Gasteiger charge is -1.72. The van der Waals surface area contributed by atoms with Gasteiger partial charge in [0.25, 0.3) is 0 Å². The van der Waals surface area contributed by atoms with Crippen LogP contribution in [0.5, 0.6) is 0 Å². The van der Waals surface area contributed by atoms with Crippen molar-refractivity contribution in [1.82, 2.24) is 0 Å². The van der Waals surface area contributed by atoms with Gasteiger partial charge in [-0.3, -0.25) is 0 Å². The van der Waals surface area contributed by atoms with E-state index in [2.05, 4.69) is 8.91 Å². The van der Waals surface area contributed by atoms with Crippen LogP contribution in [0.1, 0.15) is 6.92 Å². The molecule has 0 radical (unpaired) electrons. The van der Waals surface area contributed by atoms with Gasteiger partial charge in [0.2, 0.25) is 0 Å². The molecule has 0 rings (SSSR count). The second-order valence-electron chi connectivity index (χ2n) is 0.519. The maximum Gasteiger partial charge on any atom is 0.105 e. The lowest BCUT2D eigenvalue weighted by atomic mass is 11.0. The molecule has 0 unspecified atom stereocenters. The molecule has 0 aliphatic rings. The van der Waals surface area contributed by atoms with Gasteiger partial charge in [-0.2, -0.15) is 0 Å². The molecular formula is C2H4Cl3I. The van der Waals surface area contributed by atoms with E-state index in [0.717, 1.165) is 0 Å². The molecule has 4 heteroatoms. The summed E-state index contributed by atoms with van der Waals surface area (Å²) in [6.45, 7) is 1.70. The standard InChI is InChI=1S/C2H4Cl2.ClI/c1-2(3)4;1-2/h2H,1H3;. The highest BCUT2D eigenvalue weighted by Gasteiger charge is 1.75. The van der Waals surface area contributed by atoms with Gasteiger partial charge in [0.05, 0.1) is 0 Å². The predicted molar refractivity (Wildman–Crippen MR) is 41.0 cm³/mol. The first kappa shape index (κ1) is 10.6. The van der Waals surface area contributed by atoms with Crippen molar-refractivity contribution in [1.29, 1.82) is 0 Å². The molecular weight excluding hydrogens is 257 g/mol. The van der Waals surface area contributed by atoms with Crippen molar-refractivity contribution < 1.29 is 0 Å². The van der Waals surface area contributed by atoms with Gasteiger partial charge in [-0.15, -0.1) is 23.2 Å². The number of rotatable bonds is 0. The summed E-state index contributed by atoms with van der Waals surface area (Å²) in [4.78, 5) is -0.222. The number of hydrogen-bond donors (Lipinski definition) is 0. The summed E-state index contributed by atoms with van der Waals surface area (Å²) in [5.74, 6) is 0. The van der Waals surface area contributed by atoms with Crippen LogP contribution in [0.15, 0.2) is 0 Å². The van der Waals surface area contributed by atoms with Crippen LogP contribution in [0.3, 0.4) is 0 Å². The van der Waals surface area contributed by atoms with Gasteiger partial charge in [0.1, 0.15) is 4.84 Å². The quantitative estimate of drug-likeness (QED) is 0.463. The van der Waals surface area contributed by atoms with Crippen LogP contribution < -0.4 is 0 Å². The van der Waals surface area contributed by atoms with E-state index in [1.807, 2.05) is 0 Å². The minimum Gasteiger partial charge on any atom is -0.106 e. The minimum atomic E-state index is -0.222. The van der Waals surface area contributed by atoms with E-state index in [9.17, 15) is 0 Å². The molecule has 0 aromatic heterocycles. The van der Waals surface area contributed by atoms with Gasteiger partial charge in [-0.05, 0) is 15.8 Å². The van der Waals surface area contributed by atoms with Crippen LogP contribution >= 0.6 is 53.6 Å². The lowest BCUT2D eigenvalue weighted by molar-refractivity contribution is 1.39. The third kappa shape index (κ3) is 46.3. The van der Waals surface area contributed by atoms with Gasteiger partial charge < -0.3 is 0 Å². The topological polar surface area (TPSA) is 0 Å². The van der Waals surface area contributed by atoms with Crippen molar-refractivity contribution >= 4 is 53.6 Å². The highest BCUT2D eigenvalue weighted by Crippen LogP contribution is 1.95. The molecule has 0 heterocycles. The second kappa shape index (κ2) is 9.78. The molecule has 0 saturated carbocycles. The van der Waals surface area contributed by atoms with E-state index in [-0.39, 0.29) is 4.84 Å². The first-order valence-electron chi connectivity index (χ1n) is 1.16. The smallest absolute Gasteiger partial charge is 0.105 e. The molecule has 0 saturated heterocycles. The molecule has 0 bridgehead atoms. The third-order valence-corrected chi connectivity index (χ3v) is 0. The van der Waals surface area contributed by atoms with Gasteiger partial charge in [-0.25, -0.2) is 0 Å². The minimum absolute atomic E-state index is 0.222. The molecule has 0 amide bonds. The van der Waals surface area contributed by atoms with E-state index in [1.165, 1.54) is 0 Å². The van der Waals surface area contributed by atoms with E-state index in [0.29, 0.717) is 0 Å². The zero-order valence-corrected chi connectivity index (χ0v) is 7.51. The normalized spacial score (nSPS) is 7.00. The third-order valence-electron chi connectivity index (χ3n) is 0. The SMILES string of the molecule is CC(Cl)Cl.ClI. The Labute approximate surface area is 65.0 Å². The zero-order valence-electron chi connectivity index (χ0n) is 3.09. The van der Waals surface area contributed by atoms with Gasteiger partial charge in [0.15, 0.2) is 0 Å². The fourth-order valence-electron chi connectivity index (χ4n) is 0. The monoisotopic (exact) mass is 260 g/mol. The van der Waals surface area contributed by atoms with E-state index < -0.39 is 0 Å². The Morgan fingerprint density at radius 2 is 1.33 bits per heavy atom. The Balaban J connectivity index is 0. The van der Waals surface area contributed by atoms with Crippen molar-refractivity contribution in [3.8, 4) is 0 Å². The fourth-order valence-corrected chi connectivity index (χ4v) is 0. The molecule has 0 aromatic carbocycles. The molecule has 0 aliphatic heterocycles. The Bertz CT molecular complexity index is 13.5. The molecule has 0 N–H and O–H groups in total. The molecule has 6 heavy (non-hydrogen) atoms. The summed E-state index contributed by atoms with van der Waals surface area (Å²) >= 11 is 11.7. The zero-order chi connectivity index (χ0) is 5.58. The summed E-state index contributed by atoms with van der Waals surface area (Å²) in [5, 5.41) is 0. The highest BCUT2D eigenvalue weighted by molar-refractivity contribution is 14.1. The molecule has 0 atom stereocenters. The average Bonchev–Trinajstić information content (AvgIpc) is 1.41. The van der Waals surface area contributed by atoms with Gasteiger partial charge in [-0.1, -0.05) is 0 Å². The van der Waals surface area contributed by atoms with Crippen LogP contribution in [-0.2, 0) is 0 Å². The first-order valence-corrected chi connectivity index (χ1v) is 4.76. The summed E-state index contributed by atoms with van der Waals surface area (Å²) < 4.78 is 0. The molecule has 0 fully saturated rings. The largest absolute Gasteiger partial charge is 0.106 e. The summed E-state index contributed by atoms with van der Waals surface area (Å²) in [7, 11) is 4.61. The fraction of sp³-hybridized carbons (Fsp3) is 1.00. The highest BCUT2D eigenvalue weighted by atomic mass is 127. The van der Waals surface area contributed by atoms with E-state index in [1.54, 1.807) is 28.4 Å². The van der Waals surface area contributed by atoms with Gasteiger partial charge in [0, 0.05) is 21.5 Å². The van der Waals surface area contributed by atoms with Crippen LogP contribution in [-0.4, -0.2) is 4.84 Å². The number of hydrogen-bond acceptors (Lipinski definition) is 0. The van der Waals surface area contributed by atoms with Crippen LogP contribution in [0, 0.1) is 0 Å². The molecule has 40 valence electrons. The number of halogens is 4. The Morgan fingerprint density at radius 1 is 1.33 bits per heavy atom. The molecule has 0 aliphatic carbocycles. The van der Waals surface area contributed by atoms with E-state index in [4.69, 9.17) is 23.2 Å². The van der Waals surface area contributed by atoms with Crippen LogP contribution in [0.2, 0.25) is 0 Å². The lowest BCUT2D eigenvalue weighted by Crippen LogP contribution is -1.63. The van der Waals surface area contributed by atoms with Crippen molar-refractivity contribution in [2.24, 2.45) is 0 Å². The Morgan fingerprint density at radius 3 is 1.33 bits per heavy atom. The van der Waals surface area contributed by atoms with Gasteiger partial charge >= 0.3 is 0 Å². The predicted octanol–water partition coefficient (Wildman–Crippen LogP) is 3.39. The summed E-state index contributed by atoms with van der Waals surface area (Å²) in [5.41, 5.74) is 0. The van der Waals surface area contributed by atoms with Crippen molar-refractivity contribution in [3.63, 3.8) is 0 Å². The van der Waals surface area contributed by atoms with E-state index >= 15 is 0 Å². The molecule has 0 spiro atoms.